The average Bonchev–Trinajstić information content (AvgIpc) is 2.93. The molecule has 1 aromatic rings. The first-order chi connectivity index (χ1) is 9.09. The molecule has 0 unspecified atom stereocenters. The fourth-order valence-corrected chi connectivity index (χ4v) is 2.24. The Hall–Kier alpha value is -1.75. The minimum atomic E-state index is -0.464. The second-order valence-corrected chi connectivity index (χ2v) is 4.79. The van der Waals surface area contributed by atoms with Crippen molar-refractivity contribution in [2.24, 2.45) is 0 Å². The number of hydrogen-bond acceptors (Lipinski definition) is 3. The van der Waals surface area contributed by atoms with Crippen molar-refractivity contribution in [3.8, 4) is 5.75 Å². The molecule has 2 N–H and O–H groups in total. The van der Waals surface area contributed by atoms with E-state index in [-0.39, 0.29) is 28.8 Å². The number of aromatic hydroxyl groups is 1. The summed E-state index contributed by atoms with van der Waals surface area (Å²) in [6.07, 6.45) is 2.02. The van der Waals surface area contributed by atoms with E-state index in [9.17, 15) is 14.7 Å². The number of likely N-dealkylation sites (tertiary alicyclic amines) is 1. The molecule has 102 valence electrons. The molecule has 0 spiro atoms. The van der Waals surface area contributed by atoms with E-state index in [1.165, 1.54) is 18.2 Å². The lowest BCUT2D eigenvalue weighted by Crippen LogP contribution is -2.38. The Morgan fingerprint density at radius 1 is 1.32 bits per heavy atom. The number of amides is 2. The number of phenolic OH excluding ortho intramolecular Hbond substituents is 1. The highest BCUT2D eigenvalue weighted by atomic mass is 35.5. The van der Waals surface area contributed by atoms with E-state index >= 15 is 0 Å². The van der Waals surface area contributed by atoms with Crippen molar-refractivity contribution in [3.63, 3.8) is 0 Å². The summed E-state index contributed by atoms with van der Waals surface area (Å²) in [5.41, 5.74) is 0.163. The van der Waals surface area contributed by atoms with Gasteiger partial charge in [0, 0.05) is 13.1 Å². The highest BCUT2D eigenvalue weighted by Gasteiger charge is 2.19. The molecule has 1 aromatic carbocycles. The Morgan fingerprint density at radius 2 is 2.00 bits per heavy atom. The van der Waals surface area contributed by atoms with Gasteiger partial charge in [-0.2, -0.15) is 0 Å². The minimum absolute atomic E-state index is 0.00591. The number of carbonyl (C=O) groups excluding carboxylic acids is 2. The van der Waals surface area contributed by atoms with Crippen LogP contribution >= 0.6 is 11.6 Å². The largest absolute Gasteiger partial charge is 0.506 e. The summed E-state index contributed by atoms with van der Waals surface area (Å²) in [4.78, 5) is 25.3. The van der Waals surface area contributed by atoms with Crippen molar-refractivity contribution in [2.75, 3.05) is 19.6 Å². The monoisotopic (exact) mass is 282 g/mol. The van der Waals surface area contributed by atoms with E-state index in [2.05, 4.69) is 5.32 Å². The van der Waals surface area contributed by atoms with Crippen LogP contribution in [0.4, 0.5) is 0 Å². The van der Waals surface area contributed by atoms with Crippen LogP contribution in [0.1, 0.15) is 23.2 Å². The van der Waals surface area contributed by atoms with Gasteiger partial charge in [0.1, 0.15) is 5.75 Å². The Balaban J connectivity index is 1.94. The number of rotatable bonds is 3. The van der Waals surface area contributed by atoms with Crippen LogP contribution in [0, 0.1) is 0 Å². The number of benzene rings is 1. The lowest BCUT2D eigenvalue weighted by molar-refractivity contribution is -0.129. The van der Waals surface area contributed by atoms with E-state index in [1.54, 1.807) is 4.90 Å². The average molecular weight is 283 g/mol. The van der Waals surface area contributed by atoms with E-state index < -0.39 is 5.91 Å². The Kier molecular flexibility index (Phi) is 4.27. The van der Waals surface area contributed by atoms with Gasteiger partial charge in [0.2, 0.25) is 5.91 Å². The normalized spacial score (nSPS) is 14.5. The summed E-state index contributed by atoms with van der Waals surface area (Å²) in [6.45, 7) is 1.45. The van der Waals surface area contributed by atoms with E-state index in [4.69, 9.17) is 11.6 Å². The topological polar surface area (TPSA) is 69.6 Å². The smallest absolute Gasteiger partial charge is 0.253 e. The molecule has 1 saturated heterocycles. The van der Waals surface area contributed by atoms with Gasteiger partial charge in [0.25, 0.3) is 5.91 Å². The van der Waals surface area contributed by atoms with Crippen molar-refractivity contribution in [1.82, 2.24) is 10.2 Å². The third kappa shape index (κ3) is 3.17. The Morgan fingerprint density at radius 3 is 2.68 bits per heavy atom. The maximum Gasteiger partial charge on any atom is 0.253 e. The molecule has 2 amide bonds. The van der Waals surface area contributed by atoms with Crippen LogP contribution in [-0.4, -0.2) is 41.5 Å². The molecule has 0 bridgehead atoms. The van der Waals surface area contributed by atoms with Gasteiger partial charge in [-0.1, -0.05) is 17.7 Å². The number of hydrogen-bond donors (Lipinski definition) is 2. The summed E-state index contributed by atoms with van der Waals surface area (Å²) in [5, 5.41) is 11.9. The molecule has 0 radical (unpaired) electrons. The van der Waals surface area contributed by atoms with Gasteiger partial charge in [-0.25, -0.2) is 0 Å². The second kappa shape index (κ2) is 5.93. The highest BCUT2D eigenvalue weighted by molar-refractivity contribution is 6.35. The van der Waals surface area contributed by atoms with E-state index in [0.717, 1.165) is 25.9 Å². The zero-order valence-electron chi connectivity index (χ0n) is 10.4. The van der Waals surface area contributed by atoms with Gasteiger partial charge in [-0.05, 0) is 25.0 Å². The lowest BCUT2D eigenvalue weighted by Gasteiger charge is -2.15. The molecular formula is C13H15ClN2O3. The Bertz CT molecular complexity index is 499. The molecule has 0 atom stereocenters. The van der Waals surface area contributed by atoms with Gasteiger partial charge in [0.15, 0.2) is 0 Å². The summed E-state index contributed by atoms with van der Waals surface area (Å²) in [7, 11) is 0. The molecule has 1 aliphatic rings. The molecule has 2 rings (SSSR count). The van der Waals surface area contributed by atoms with Gasteiger partial charge in [-0.3, -0.25) is 9.59 Å². The van der Waals surface area contributed by atoms with Crippen molar-refractivity contribution < 1.29 is 14.7 Å². The summed E-state index contributed by atoms with van der Waals surface area (Å²) < 4.78 is 0. The van der Waals surface area contributed by atoms with Crippen LogP contribution in [0.3, 0.4) is 0 Å². The van der Waals surface area contributed by atoms with Crippen LogP contribution in [-0.2, 0) is 4.79 Å². The van der Waals surface area contributed by atoms with Crippen LogP contribution in [0.15, 0.2) is 18.2 Å². The number of nitrogens with zero attached hydrogens (tertiary/aromatic N) is 1. The standard InChI is InChI=1S/C13H15ClN2O3/c14-12-9(4-3-5-10(12)17)13(19)15-8-11(18)16-6-1-2-7-16/h3-5,17H,1-2,6-8H2,(H,15,19). The molecule has 0 saturated carbocycles. The predicted octanol–water partition coefficient (Wildman–Crippen LogP) is 1.40. The highest BCUT2D eigenvalue weighted by Crippen LogP contribution is 2.26. The number of nitrogens with one attached hydrogen (secondary N) is 1. The summed E-state index contributed by atoms with van der Waals surface area (Å²) >= 11 is 5.82. The van der Waals surface area contributed by atoms with Gasteiger partial charge in [-0.15, -0.1) is 0 Å². The van der Waals surface area contributed by atoms with E-state index in [1.807, 2.05) is 0 Å². The maximum atomic E-state index is 11.9. The number of halogens is 1. The van der Waals surface area contributed by atoms with Gasteiger partial charge in [0.05, 0.1) is 17.1 Å². The zero-order valence-corrected chi connectivity index (χ0v) is 11.1. The molecule has 1 aliphatic heterocycles. The summed E-state index contributed by atoms with van der Waals surface area (Å²) in [5.74, 6) is -0.712. The molecule has 5 nitrogen and oxygen atoms in total. The second-order valence-electron chi connectivity index (χ2n) is 4.41. The third-order valence-electron chi connectivity index (χ3n) is 3.08. The molecule has 1 fully saturated rings. The van der Waals surface area contributed by atoms with E-state index in [0.29, 0.717) is 0 Å². The fourth-order valence-electron chi connectivity index (χ4n) is 2.02. The first-order valence-corrected chi connectivity index (χ1v) is 6.51. The summed E-state index contributed by atoms with van der Waals surface area (Å²) in [6, 6.07) is 4.42. The van der Waals surface area contributed by atoms with Crippen molar-refractivity contribution in [2.45, 2.75) is 12.8 Å². The molecule has 6 heteroatoms. The van der Waals surface area contributed by atoms with Crippen molar-refractivity contribution >= 4 is 23.4 Å². The first-order valence-electron chi connectivity index (χ1n) is 6.13. The molecule has 19 heavy (non-hydrogen) atoms. The zero-order chi connectivity index (χ0) is 13.8. The fraction of sp³-hybridized carbons (Fsp3) is 0.385. The van der Waals surface area contributed by atoms with Gasteiger partial charge < -0.3 is 15.3 Å². The molecule has 1 heterocycles. The maximum absolute atomic E-state index is 11.9. The molecular weight excluding hydrogens is 268 g/mol. The molecule has 0 aromatic heterocycles. The third-order valence-corrected chi connectivity index (χ3v) is 3.48. The minimum Gasteiger partial charge on any atom is -0.506 e. The number of carbonyl (C=O) groups is 2. The van der Waals surface area contributed by atoms with Crippen LogP contribution < -0.4 is 5.32 Å². The van der Waals surface area contributed by atoms with Crippen LogP contribution in [0.2, 0.25) is 5.02 Å². The first kappa shape index (κ1) is 13.7. The predicted molar refractivity (Wildman–Crippen MR) is 71.3 cm³/mol. The SMILES string of the molecule is O=C(NCC(=O)N1CCCC1)c1cccc(O)c1Cl. The van der Waals surface area contributed by atoms with Crippen LogP contribution in [0.25, 0.3) is 0 Å². The lowest BCUT2D eigenvalue weighted by atomic mass is 10.2. The van der Waals surface area contributed by atoms with Crippen molar-refractivity contribution in [3.05, 3.63) is 28.8 Å². The Labute approximate surface area is 116 Å². The van der Waals surface area contributed by atoms with Crippen LogP contribution in [0.5, 0.6) is 5.75 Å². The quantitative estimate of drug-likeness (QED) is 0.880. The van der Waals surface area contributed by atoms with Crippen molar-refractivity contribution in [1.29, 1.82) is 0 Å². The molecule has 0 aliphatic carbocycles. The van der Waals surface area contributed by atoms with Gasteiger partial charge >= 0.3 is 0 Å². The number of phenols is 1.